The van der Waals surface area contributed by atoms with E-state index in [1.54, 1.807) is 0 Å². The van der Waals surface area contributed by atoms with Crippen LogP contribution in [-0.4, -0.2) is 12.5 Å². The molecule has 2 nitrogen and oxygen atoms in total. The standard InChI is InChI=1S/C16H22BrNO/c1-11-6-3-4-7-13(11)10-18-16(19)14-8-5-9-15(17)12(14)2/h5,8-9,11,13H,3-4,6-7,10H2,1-2H3,(H,18,19). The molecule has 1 aromatic rings. The predicted octanol–water partition coefficient (Wildman–Crippen LogP) is 4.31. The van der Waals surface area contributed by atoms with Gasteiger partial charge in [0.05, 0.1) is 0 Å². The van der Waals surface area contributed by atoms with E-state index >= 15 is 0 Å². The van der Waals surface area contributed by atoms with Gasteiger partial charge in [0.2, 0.25) is 0 Å². The van der Waals surface area contributed by atoms with Gasteiger partial charge in [0, 0.05) is 16.6 Å². The molecule has 1 amide bonds. The molecule has 0 radical (unpaired) electrons. The topological polar surface area (TPSA) is 29.1 Å². The van der Waals surface area contributed by atoms with Crippen LogP contribution in [0.3, 0.4) is 0 Å². The summed E-state index contributed by atoms with van der Waals surface area (Å²) in [6, 6.07) is 5.77. The van der Waals surface area contributed by atoms with Crippen molar-refractivity contribution in [3.8, 4) is 0 Å². The summed E-state index contributed by atoms with van der Waals surface area (Å²) in [5, 5.41) is 3.11. The second-order valence-corrected chi connectivity index (χ2v) is 6.50. The molecule has 1 fully saturated rings. The summed E-state index contributed by atoms with van der Waals surface area (Å²) >= 11 is 3.47. The van der Waals surface area contributed by atoms with Crippen molar-refractivity contribution in [2.24, 2.45) is 11.8 Å². The van der Waals surface area contributed by atoms with E-state index in [1.807, 2.05) is 25.1 Å². The van der Waals surface area contributed by atoms with Crippen LogP contribution < -0.4 is 5.32 Å². The van der Waals surface area contributed by atoms with Crippen LogP contribution >= 0.6 is 15.9 Å². The molecule has 1 aliphatic rings. The first-order valence-electron chi connectivity index (χ1n) is 7.13. The molecule has 3 heteroatoms. The monoisotopic (exact) mass is 323 g/mol. The van der Waals surface area contributed by atoms with Crippen molar-refractivity contribution in [3.63, 3.8) is 0 Å². The minimum absolute atomic E-state index is 0.0524. The molecule has 104 valence electrons. The largest absolute Gasteiger partial charge is 0.352 e. The first-order valence-corrected chi connectivity index (χ1v) is 7.92. The van der Waals surface area contributed by atoms with E-state index in [0.29, 0.717) is 5.92 Å². The highest BCUT2D eigenvalue weighted by atomic mass is 79.9. The van der Waals surface area contributed by atoms with Gasteiger partial charge in [0.15, 0.2) is 0 Å². The van der Waals surface area contributed by atoms with Crippen molar-refractivity contribution in [1.82, 2.24) is 5.32 Å². The Morgan fingerprint density at radius 1 is 1.37 bits per heavy atom. The number of carbonyl (C=O) groups excluding carboxylic acids is 1. The van der Waals surface area contributed by atoms with Crippen LogP contribution in [0.5, 0.6) is 0 Å². The summed E-state index contributed by atoms with van der Waals surface area (Å²) in [6.07, 6.45) is 5.20. The van der Waals surface area contributed by atoms with Crippen LogP contribution in [0.25, 0.3) is 0 Å². The molecule has 0 aliphatic heterocycles. The summed E-state index contributed by atoms with van der Waals surface area (Å²) in [7, 11) is 0. The fourth-order valence-corrected chi connectivity index (χ4v) is 3.23. The lowest BCUT2D eigenvalue weighted by atomic mass is 9.80. The third-order valence-electron chi connectivity index (χ3n) is 4.33. The SMILES string of the molecule is Cc1c(Br)cccc1C(=O)NCC1CCCCC1C. The van der Waals surface area contributed by atoms with Gasteiger partial charge < -0.3 is 5.32 Å². The predicted molar refractivity (Wildman–Crippen MR) is 82.3 cm³/mol. The van der Waals surface area contributed by atoms with Gasteiger partial charge >= 0.3 is 0 Å². The summed E-state index contributed by atoms with van der Waals surface area (Å²) in [5.41, 5.74) is 1.79. The lowest BCUT2D eigenvalue weighted by Gasteiger charge is -2.28. The average Bonchev–Trinajstić information content (AvgIpc) is 2.40. The zero-order valence-corrected chi connectivity index (χ0v) is 13.3. The van der Waals surface area contributed by atoms with E-state index in [9.17, 15) is 4.79 Å². The lowest BCUT2D eigenvalue weighted by molar-refractivity contribution is 0.0936. The van der Waals surface area contributed by atoms with Crippen molar-refractivity contribution in [2.45, 2.75) is 39.5 Å². The third kappa shape index (κ3) is 3.59. The molecule has 0 saturated heterocycles. The van der Waals surface area contributed by atoms with Crippen LogP contribution in [0, 0.1) is 18.8 Å². The van der Waals surface area contributed by atoms with Crippen LogP contribution in [0.2, 0.25) is 0 Å². The Morgan fingerprint density at radius 2 is 2.11 bits per heavy atom. The Labute approximate surface area is 124 Å². The number of hydrogen-bond donors (Lipinski definition) is 1. The Hall–Kier alpha value is -0.830. The highest BCUT2D eigenvalue weighted by Crippen LogP contribution is 2.29. The van der Waals surface area contributed by atoms with Crippen molar-refractivity contribution in [2.75, 3.05) is 6.54 Å². The van der Waals surface area contributed by atoms with Crippen LogP contribution in [0.1, 0.15) is 48.5 Å². The number of hydrogen-bond acceptors (Lipinski definition) is 1. The molecule has 0 spiro atoms. The van der Waals surface area contributed by atoms with Gasteiger partial charge in [-0.1, -0.05) is 48.2 Å². The second-order valence-electron chi connectivity index (χ2n) is 5.64. The maximum Gasteiger partial charge on any atom is 0.251 e. The van der Waals surface area contributed by atoms with Crippen molar-refractivity contribution >= 4 is 21.8 Å². The normalized spacial score (nSPS) is 23.1. The highest BCUT2D eigenvalue weighted by molar-refractivity contribution is 9.10. The molecule has 1 aromatic carbocycles. The average molecular weight is 324 g/mol. The summed E-state index contributed by atoms with van der Waals surface area (Å²) in [6.45, 7) is 5.09. The number of carbonyl (C=O) groups is 1. The van der Waals surface area contributed by atoms with Gasteiger partial charge in [0.1, 0.15) is 0 Å². The molecule has 1 aliphatic carbocycles. The molecule has 0 bridgehead atoms. The minimum Gasteiger partial charge on any atom is -0.352 e. The Morgan fingerprint density at radius 3 is 2.84 bits per heavy atom. The third-order valence-corrected chi connectivity index (χ3v) is 5.19. The van der Waals surface area contributed by atoms with Crippen LogP contribution in [-0.2, 0) is 0 Å². The first-order chi connectivity index (χ1) is 9.09. The second kappa shape index (κ2) is 6.56. The summed E-state index contributed by atoms with van der Waals surface area (Å²) in [4.78, 5) is 12.2. The fraction of sp³-hybridized carbons (Fsp3) is 0.562. The van der Waals surface area contributed by atoms with Crippen molar-refractivity contribution < 1.29 is 4.79 Å². The van der Waals surface area contributed by atoms with Crippen molar-refractivity contribution in [1.29, 1.82) is 0 Å². The molecule has 0 aromatic heterocycles. The van der Waals surface area contributed by atoms with E-state index in [2.05, 4.69) is 28.2 Å². The molecule has 1 N–H and O–H groups in total. The number of nitrogens with one attached hydrogen (secondary N) is 1. The molecular formula is C16H22BrNO. The maximum atomic E-state index is 12.2. The molecule has 2 atom stereocenters. The molecule has 2 rings (SSSR count). The van der Waals surface area contributed by atoms with E-state index in [-0.39, 0.29) is 5.91 Å². The molecular weight excluding hydrogens is 302 g/mol. The van der Waals surface area contributed by atoms with E-state index in [4.69, 9.17) is 0 Å². The minimum atomic E-state index is 0.0524. The van der Waals surface area contributed by atoms with E-state index < -0.39 is 0 Å². The van der Waals surface area contributed by atoms with E-state index in [1.165, 1.54) is 25.7 Å². The van der Waals surface area contributed by atoms with Gasteiger partial charge in [0.25, 0.3) is 5.91 Å². The summed E-state index contributed by atoms with van der Waals surface area (Å²) in [5.74, 6) is 1.43. The molecule has 2 unspecified atom stereocenters. The number of amides is 1. The number of halogens is 1. The molecule has 0 heterocycles. The van der Waals surface area contributed by atoms with Gasteiger partial charge in [-0.15, -0.1) is 0 Å². The maximum absolute atomic E-state index is 12.2. The number of rotatable bonds is 3. The Kier molecular flexibility index (Phi) is 5.03. The molecule has 1 saturated carbocycles. The van der Waals surface area contributed by atoms with Crippen LogP contribution in [0.15, 0.2) is 22.7 Å². The lowest BCUT2D eigenvalue weighted by Crippen LogP contribution is -2.33. The smallest absolute Gasteiger partial charge is 0.251 e. The van der Waals surface area contributed by atoms with Crippen LogP contribution in [0.4, 0.5) is 0 Å². The first kappa shape index (κ1) is 14.6. The van der Waals surface area contributed by atoms with E-state index in [0.717, 1.165) is 28.1 Å². The number of benzene rings is 1. The summed E-state index contributed by atoms with van der Waals surface area (Å²) < 4.78 is 0.992. The Bertz CT molecular complexity index is 458. The van der Waals surface area contributed by atoms with Gasteiger partial charge in [-0.3, -0.25) is 4.79 Å². The van der Waals surface area contributed by atoms with Gasteiger partial charge in [-0.05, 0) is 42.9 Å². The zero-order valence-electron chi connectivity index (χ0n) is 11.7. The van der Waals surface area contributed by atoms with Gasteiger partial charge in [-0.2, -0.15) is 0 Å². The van der Waals surface area contributed by atoms with Gasteiger partial charge in [-0.25, -0.2) is 0 Å². The quantitative estimate of drug-likeness (QED) is 0.882. The molecule has 19 heavy (non-hydrogen) atoms. The zero-order chi connectivity index (χ0) is 13.8. The van der Waals surface area contributed by atoms with Crippen molar-refractivity contribution in [3.05, 3.63) is 33.8 Å². The highest BCUT2D eigenvalue weighted by Gasteiger charge is 2.22. The fourth-order valence-electron chi connectivity index (χ4n) is 2.87. The Balaban J connectivity index is 1.95.